The second kappa shape index (κ2) is 5.55. The van der Waals surface area contributed by atoms with Crippen molar-refractivity contribution in [2.45, 2.75) is 6.92 Å². The Kier molecular flexibility index (Phi) is 3.59. The molecule has 7 heteroatoms. The van der Waals surface area contributed by atoms with Crippen molar-refractivity contribution in [2.75, 3.05) is 17.9 Å². The third-order valence-corrected chi connectivity index (χ3v) is 3.95. The van der Waals surface area contributed by atoms with E-state index >= 15 is 0 Å². The summed E-state index contributed by atoms with van der Waals surface area (Å²) in [6.45, 7) is 2.04. The van der Waals surface area contributed by atoms with Crippen molar-refractivity contribution in [3.05, 3.63) is 35.2 Å². The molecule has 0 aliphatic carbocycles. The number of hydrogen-bond donors (Lipinski definition) is 3. The number of nitrogens with one attached hydrogen (secondary N) is 2. The summed E-state index contributed by atoms with van der Waals surface area (Å²) in [5.74, 6) is 7.26. The van der Waals surface area contributed by atoms with E-state index in [1.54, 1.807) is 18.4 Å². The number of nitrogens with two attached hydrogens (primary N) is 1. The molecule has 0 amide bonds. The predicted molar refractivity (Wildman–Crippen MR) is 86.2 cm³/mol. The molecule has 2 heterocycles. The third kappa shape index (κ3) is 2.61. The number of aromatic nitrogens is 2. The molecule has 0 bridgehead atoms. The lowest BCUT2D eigenvalue weighted by Gasteiger charge is -2.11. The number of thiophene rings is 1. The van der Waals surface area contributed by atoms with E-state index in [0.29, 0.717) is 11.8 Å². The van der Waals surface area contributed by atoms with Crippen LogP contribution in [0.1, 0.15) is 4.88 Å². The Labute approximate surface area is 126 Å². The molecule has 3 rings (SSSR count). The lowest BCUT2D eigenvalue weighted by Crippen LogP contribution is -2.11. The molecule has 108 valence electrons. The highest BCUT2D eigenvalue weighted by Gasteiger charge is 2.12. The molecule has 0 saturated heterocycles. The number of hydrogen-bond acceptors (Lipinski definition) is 7. The monoisotopic (exact) mass is 301 g/mol. The van der Waals surface area contributed by atoms with E-state index in [1.807, 2.05) is 31.2 Å². The fourth-order valence-corrected chi connectivity index (χ4v) is 2.96. The highest BCUT2D eigenvalue weighted by molar-refractivity contribution is 7.18. The maximum atomic E-state index is 5.44. The number of fused-ring (bicyclic) bond motifs is 1. The van der Waals surface area contributed by atoms with Gasteiger partial charge in [0.15, 0.2) is 0 Å². The van der Waals surface area contributed by atoms with Crippen LogP contribution in [-0.4, -0.2) is 17.1 Å². The first-order valence-electron chi connectivity index (χ1n) is 6.36. The fourth-order valence-electron chi connectivity index (χ4n) is 2.08. The van der Waals surface area contributed by atoms with Crippen molar-refractivity contribution in [1.82, 2.24) is 9.97 Å². The molecule has 0 spiro atoms. The Morgan fingerprint density at radius 1 is 1.24 bits per heavy atom. The van der Waals surface area contributed by atoms with Crippen LogP contribution in [-0.2, 0) is 0 Å². The molecule has 1 aromatic carbocycles. The molecule has 0 atom stereocenters. The number of nitrogen functional groups attached to an aromatic ring is 1. The largest absolute Gasteiger partial charge is 0.495 e. The number of benzene rings is 1. The Bertz CT molecular complexity index is 786. The summed E-state index contributed by atoms with van der Waals surface area (Å²) in [7, 11) is 1.64. The van der Waals surface area contributed by atoms with Gasteiger partial charge in [-0.05, 0) is 25.1 Å². The zero-order chi connectivity index (χ0) is 14.8. The molecule has 0 fully saturated rings. The Morgan fingerprint density at radius 2 is 2.05 bits per heavy atom. The maximum Gasteiger partial charge on any atom is 0.240 e. The van der Waals surface area contributed by atoms with Crippen LogP contribution in [0.2, 0.25) is 0 Å². The van der Waals surface area contributed by atoms with E-state index in [1.165, 1.54) is 0 Å². The SMILES string of the molecule is COc1ccccc1Nc1nc(NN)nc2sc(C)cc12. The highest BCUT2D eigenvalue weighted by atomic mass is 32.1. The van der Waals surface area contributed by atoms with Gasteiger partial charge < -0.3 is 10.1 Å². The van der Waals surface area contributed by atoms with Gasteiger partial charge in [0.1, 0.15) is 16.4 Å². The minimum absolute atomic E-state index is 0.377. The second-order valence-electron chi connectivity index (χ2n) is 4.44. The first kappa shape index (κ1) is 13.6. The van der Waals surface area contributed by atoms with Gasteiger partial charge in [0.2, 0.25) is 5.95 Å². The van der Waals surface area contributed by atoms with Crippen LogP contribution in [0.25, 0.3) is 10.2 Å². The lowest BCUT2D eigenvalue weighted by atomic mass is 10.2. The van der Waals surface area contributed by atoms with Gasteiger partial charge in [-0.1, -0.05) is 12.1 Å². The van der Waals surface area contributed by atoms with Crippen molar-refractivity contribution < 1.29 is 4.74 Å². The van der Waals surface area contributed by atoms with Gasteiger partial charge in [0.25, 0.3) is 0 Å². The summed E-state index contributed by atoms with van der Waals surface area (Å²) < 4.78 is 5.35. The average molecular weight is 301 g/mol. The molecule has 0 aliphatic rings. The third-order valence-electron chi connectivity index (χ3n) is 3.01. The smallest absolute Gasteiger partial charge is 0.240 e. The van der Waals surface area contributed by atoms with Crippen molar-refractivity contribution in [3.8, 4) is 5.75 Å². The van der Waals surface area contributed by atoms with Crippen molar-refractivity contribution in [1.29, 1.82) is 0 Å². The van der Waals surface area contributed by atoms with Crippen LogP contribution in [0.4, 0.5) is 17.5 Å². The van der Waals surface area contributed by atoms with Gasteiger partial charge >= 0.3 is 0 Å². The van der Waals surface area contributed by atoms with Crippen LogP contribution in [0.5, 0.6) is 5.75 Å². The van der Waals surface area contributed by atoms with Crippen LogP contribution in [0.3, 0.4) is 0 Å². The van der Waals surface area contributed by atoms with Gasteiger partial charge in [-0.15, -0.1) is 11.3 Å². The molecule has 2 aromatic heterocycles. The van der Waals surface area contributed by atoms with Crippen LogP contribution >= 0.6 is 11.3 Å². The molecule has 6 nitrogen and oxygen atoms in total. The lowest BCUT2D eigenvalue weighted by molar-refractivity contribution is 0.417. The minimum atomic E-state index is 0.377. The number of hydrazine groups is 1. The Balaban J connectivity index is 2.10. The molecule has 0 radical (unpaired) electrons. The standard InChI is InChI=1S/C14H15N5OS/c1-8-7-9-12(17-14(19-15)18-13(9)21-8)16-10-5-3-4-6-11(10)20-2/h3-7H,15H2,1-2H3,(H2,16,17,18,19). The molecule has 4 N–H and O–H groups in total. The van der Waals surface area contributed by atoms with E-state index in [2.05, 4.69) is 26.8 Å². The minimum Gasteiger partial charge on any atom is -0.495 e. The van der Waals surface area contributed by atoms with Crippen LogP contribution in [0, 0.1) is 6.92 Å². The summed E-state index contributed by atoms with van der Waals surface area (Å²) >= 11 is 1.60. The molecular formula is C14H15N5OS. The number of methoxy groups -OCH3 is 1. The van der Waals surface area contributed by atoms with Crippen molar-refractivity contribution in [3.63, 3.8) is 0 Å². The average Bonchev–Trinajstić information content (AvgIpc) is 2.88. The van der Waals surface area contributed by atoms with Crippen molar-refractivity contribution in [2.24, 2.45) is 5.84 Å². The van der Waals surface area contributed by atoms with E-state index in [0.717, 1.165) is 26.5 Å². The summed E-state index contributed by atoms with van der Waals surface area (Å²) in [5, 5.41) is 4.25. The van der Waals surface area contributed by atoms with Crippen LogP contribution in [0.15, 0.2) is 30.3 Å². The second-order valence-corrected chi connectivity index (χ2v) is 5.68. The first-order chi connectivity index (χ1) is 10.2. The summed E-state index contributed by atoms with van der Waals surface area (Å²) in [4.78, 5) is 10.8. The van der Waals surface area contributed by atoms with E-state index in [9.17, 15) is 0 Å². The molecule has 0 aliphatic heterocycles. The van der Waals surface area contributed by atoms with E-state index < -0.39 is 0 Å². The Morgan fingerprint density at radius 3 is 2.81 bits per heavy atom. The number of aryl methyl sites for hydroxylation is 1. The number of anilines is 3. The number of rotatable bonds is 4. The normalized spacial score (nSPS) is 10.6. The topological polar surface area (TPSA) is 85.1 Å². The molecule has 0 saturated carbocycles. The molecule has 3 aromatic rings. The van der Waals surface area contributed by atoms with Gasteiger partial charge in [0.05, 0.1) is 18.2 Å². The highest BCUT2D eigenvalue weighted by Crippen LogP contribution is 2.33. The number of ether oxygens (including phenoxy) is 1. The summed E-state index contributed by atoms with van der Waals surface area (Å²) in [5.41, 5.74) is 3.34. The van der Waals surface area contributed by atoms with E-state index in [-0.39, 0.29) is 0 Å². The Hall–Kier alpha value is -2.38. The van der Waals surface area contributed by atoms with Crippen LogP contribution < -0.4 is 21.3 Å². The van der Waals surface area contributed by atoms with Crippen molar-refractivity contribution >= 4 is 39.0 Å². The number of nitrogens with zero attached hydrogens (tertiary/aromatic N) is 2. The van der Waals surface area contributed by atoms with Gasteiger partial charge in [-0.25, -0.2) is 10.8 Å². The zero-order valence-corrected chi connectivity index (χ0v) is 12.5. The first-order valence-corrected chi connectivity index (χ1v) is 7.17. The van der Waals surface area contributed by atoms with E-state index in [4.69, 9.17) is 10.6 Å². The molecular weight excluding hydrogens is 286 g/mol. The fraction of sp³-hybridized carbons (Fsp3) is 0.143. The number of para-hydroxylation sites is 2. The summed E-state index contributed by atoms with van der Waals surface area (Å²) in [6, 6.07) is 9.73. The zero-order valence-electron chi connectivity index (χ0n) is 11.7. The quantitative estimate of drug-likeness (QED) is 0.507. The molecule has 21 heavy (non-hydrogen) atoms. The van der Waals surface area contributed by atoms with Gasteiger partial charge in [-0.3, -0.25) is 5.43 Å². The predicted octanol–water partition coefficient (Wildman–Crippen LogP) is 3.04. The molecule has 0 unspecified atom stereocenters. The van der Waals surface area contributed by atoms with Gasteiger partial charge in [0, 0.05) is 4.88 Å². The maximum absolute atomic E-state index is 5.44. The van der Waals surface area contributed by atoms with Gasteiger partial charge in [-0.2, -0.15) is 4.98 Å². The summed E-state index contributed by atoms with van der Waals surface area (Å²) in [6.07, 6.45) is 0.